The number of guanidine groups is 1. The predicted octanol–water partition coefficient (Wildman–Crippen LogP) is 1.42. The average Bonchev–Trinajstić information content (AvgIpc) is 2.67. The van der Waals surface area contributed by atoms with Gasteiger partial charge in [0.05, 0.1) is 12.2 Å². The fourth-order valence-corrected chi connectivity index (χ4v) is 3.28. The summed E-state index contributed by atoms with van der Waals surface area (Å²) in [6.07, 6.45) is 0.967. The van der Waals surface area contributed by atoms with Crippen LogP contribution in [0, 0.1) is 5.82 Å². The van der Waals surface area contributed by atoms with Crippen LogP contribution in [0.1, 0.15) is 27.2 Å². The molecule has 0 unspecified atom stereocenters. The zero-order valence-electron chi connectivity index (χ0n) is 18.1. The Morgan fingerprint density at radius 2 is 1.83 bits per heavy atom. The standard InChI is InChI=1S/C21H35FN6O/c1-21(2,3)26-19(29)16-25-20(23-4)24-10-7-11-27-12-14-28(15-13-27)18-9-6-5-8-17(18)22/h5-6,8-9H,7,10-16H2,1-4H3,(H,26,29)(H2,23,24,25). The maximum absolute atomic E-state index is 13.9. The topological polar surface area (TPSA) is 72.0 Å². The number of aliphatic imine (C=N–C) groups is 1. The maximum Gasteiger partial charge on any atom is 0.239 e. The molecule has 0 bridgehead atoms. The molecule has 2 rings (SSSR count). The summed E-state index contributed by atoms with van der Waals surface area (Å²) in [5.41, 5.74) is 0.450. The summed E-state index contributed by atoms with van der Waals surface area (Å²) in [5, 5.41) is 9.18. The van der Waals surface area contributed by atoms with E-state index in [9.17, 15) is 9.18 Å². The van der Waals surface area contributed by atoms with Crippen molar-refractivity contribution in [2.45, 2.75) is 32.7 Å². The number of para-hydroxylation sites is 1. The van der Waals surface area contributed by atoms with Crippen molar-refractivity contribution < 1.29 is 9.18 Å². The number of amides is 1. The van der Waals surface area contributed by atoms with Gasteiger partial charge in [0.15, 0.2) is 5.96 Å². The van der Waals surface area contributed by atoms with E-state index in [0.717, 1.165) is 45.7 Å². The lowest BCUT2D eigenvalue weighted by molar-refractivity contribution is -0.121. The van der Waals surface area contributed by atoms with Gasteiger partial charge in [-0.15, -0.1) is 0 Å². The second-order valence-electron chi connectivity index (χ2n) is 8.28. The van der Waals surface area contributed by atoms with Crippen LogP contribution in [0.3, 0.4) is 0 Å². The summed E-state index contributed by atoms with van der Waals surface area (Å²) >= 11 is 0. The molecule has 0 radical (unpaired) electrons. The normalized spacial score (nSPS) is 15.9. The minimum atomic E-state index is -0.244. The summed E-state index contributed by atoms with van der Waals surface area (Å²) in [6, 6.07) is 6.96. The van der Waals surface area contributed by atoms with Crippen molar-refractivity contribution in [1.29, 1.82) is 0 Å². The molecule has 1 heterocycles. The summed E-state index contributed by atoms with van der Waals surface area (Å²) in [4.78, 5) is 20.5. The third-order valence-corrected chi connectivity index (χ3v) is 4.66. The molecule has 1 saturated heterocycles. The first-order chi connectivity index (χ1) is 13.8. The zero-order valence-corrected chi connectivity index (χ0v) is 18.1. The minimum Gasteiger partial charge on any atom is -0.367 e. The van der Waals surface area contributed by atoms with Crippen molar-refractivity contribution in [2.75, 3.05) is 57.8 Å². The molecule has 162 valence electrons. The number of piperazine rings is 1. The van der Waals surface area contributed by atoms with Crippen molar-refractivity contribution in [1.82, 2.24) is 20.9 Å². The van der Waals surface area contributed by atoms with Gasteiger partial charge in [-0.3, -0.25) is 14.7 Å². The molecule has 0 spiro atoms. The number of anilines is 1. The van der Waals surface area contributed by atoms with E-state index in [1.54, 1.807) is 13.1 Å². The van der Waals surface area contributed by atoms with Gasteiger partial charge in [0.25, 0.3) is 0 Å². The Kier molecular flexibility index (Phi) is 8.70. The lowest BCUT2D eigenvalue weighted by atomic mass is 10.1. The van der Waals surface area contributed by atoms with Gasteiger partial charge in [-0.2, -0.15) is 0 Å². The average molecular weight is 407 g/mol. The molecule has 0 atom stereocenters. The number of benzene rings is 1. The summed E-state index contributed by atoms with van der Waals surface area (Å²) in [6.45, 7) is 11.3. The summed E-state index contributed by atoms with van der Waals surface area (Å²) in [7, 11) is 1.69. The Labute approximate surface area is 173 Å². The Bertz CT molecular complexity index is 680. The van der Waals surface area contributed by atoms with Crippen molar-refractivity contribution in [2.24, 2.45) is 4.99 Å². The number of hydrogen-bond donors (Lipinski definition) is 3. The minimum absolute atomic E-state index is 0.0619. The van der Waals surface area contributed by atoms with Gasteiger partial charge in [-0.05, 0) is 45.9 Å². The van der Waals surface area contributed by atoms with Crippen LogP contribution in [0.4, 0.5) is 10.1 Å². The first-order valence-corrected chi connectivity index (χ1v) is 10.3. The number of nitrogens with one attached hydrogen (secondary N) is 3. The van der Waals surface area contributed by atoms with Gasteiger partial charge in [0.2, 0.25) is 5.91 Å². The van der Waals surface area contributed by atoms with E-state index in [1.165, 1.54) is 6.07 Å². The predicted molar refractivity (Wildman–Crippen MR) is 117 cm³/mol. The molecule has 1 amide bonds. The van der Waals surface area contributed by atoms with E-state index in [4.69, 9.17) is 0 Å². The monoisotopic (exact) mass is 406 g/mol. The summed E-state index contributed by atoms with van der Waals surface area (Å²) < 4.78 is 13.9. The molecule has 1 aromatic carbocycles. The van der Waals surface area contributed by atoms with E-state index in [2.05, 4.69) is 30.7 Å². The maximum atomic E-state index is 13.9. The van der Waals surface area contributed by atoms with Crippen LogP contribution in [-0.4, -0.2) is 75.2 Å². The van der Waals surface area contributed by atoms with Gasteiger partial charge in [-0.1, -0.05) is 12.1 Å². The lowest BCUT2D eigenvalue weighted by Gasteiger charge is -2.36. The van der Waals surface area contributed by atoms with E-state index in [1.807, 2.05) is 32.9 Å². The van der Waals surface area contributed by atoms with E-state index >= 15 is 0 Å². The second kappa shape index (κ2) is 11.0. The Hall–Kier alpha value is -2.35. The summed E-state index contributed by atoms with van der Waals surface area (Å²) in [5.74, 6) is 0.409. The SMILES string of the molecule is CN=C(NCCCN1CCN(c2ccccc2F)CC1)NCC(=O)NC(C)(C)C. The lowest BCUT2D eigenvalue weighted by Crippen LogP contribution is -2.49. The second-order valence-corrected chi connectivity index (χ2v) is 8.28. The highest BCUT2D eigenvalue weighted by Gasteiger charge is 2.19. The van der Waals surface area contributed by atoms with Gasteiger partial charge in [-0.25, -0.2) is 4.39 Å². The van der Waals surface area contributed by atoms with Crippen LogP contribution in [0.25, 0.3) is 0 Å². The first-order valence-electron chi connectivity index (χ1n) is 10.3. The van der Waals surface area contributed by atoms with Crippen molar-refractivity contribution in [3.63, 3.8) is 0 Å². The Morgan fingerprint density at radius 1 is 1.14 bits per heavy atom. The van der Waals surface area contributed by atoms with Crippen LogP contribution in [0.2, 0.25) is 0 Å². The van der Waals surface area contributed by atoms with Crippen LogP contribution in [0.15, 0.2) is 29.3 Å². The van der Waals surface area contributed by atoms with Crippen LogP contribution in [-0.2, 0) is 4.79 Å². The molecule has 1 aromatic rings. The molecule has 1 fully saturated rings. The molecule has 7 nitrogen and oxygen atoms in total. The third kappa shape index (κ3) is 8.27. The van der Waals surface area contributed by atoms with Gasteiger partial charge >= 0.3 is 0 Å². The van der Waals surface area contributed by atoms with Crippen molar-refractivity contribution in [3.8, 4) is 0 Å². The Morgan fingerprint density at radius 3 is 2.45 bits per heavy atom. The van der Waals surface area contributed by atoms with Crippen LogP contribution >= 0.6 is 0 Å². The largest absolute Gasteiger partial charge is 0.367 e. The van der Waals surface area contributed by atoms with Gasteiger partial charge < -0.3 is 20.9 Å². The van der Waals surface area contributed by atoms with Crippen molar-refractivity contribution in [3.05, 3.63) is 30.1 Å². The zero-order chi connectivity index (χ0) is 21.3. The van der Waals surface area contributed by atoms with Gasteiger partial charge in [0.1, 0.15) is 5.82 Å². The van der Waals surface area contributed by atoms with E-state index < -0.39 is 0 Å². The van der Waals surface area contributed by atoms with E-state index in [0.29, 0.717) is 11.6 Å². The number of nitrogens with zero attached hydrogens (tertiary/aromatic N) is 3. The molecule has 0 aliphatic carbocycles. The smallest absolute Gasteiger partial charge is 0.239 e. The molecular weight excluding hydrogens is 371 g/mol. The van der Waals surface area contributed by atoms with Crippen molar-refractivity contribution >= 4 is 17.6 Å². The molecule has 1 aliphatic heterocycles. The number of rotatable bonds is 7. The molecule has 29 heavy (non-hydrogen) atoms. The molecule has 0 aromatic heterocycles. The number of carbonyl (C=O) groups is 1. The quantitative estimate of drug-likeness (QED) is 0.363. The number of carbonyl (C=O) groups excluding carboxylic acids is 1. The molecule has 8 heteroatoms. The highest BCUT2D eigenvalue weighted by Crippen LogP contribution is 2.20. The van der Waals surface area contributed by atoms with Crippen LogP contribution < -0.4 is 20.9 Å². The number of halogens is 1. The van der Waals surface area contributed by atoms with Crippen LogP contribution in [0.5, 0.6) is 0 Å². The highest BCUT2D eigenvalue weighted by atomic mass is 19.1. The molecule has 3 N–H and O–H groups in total. The van der Waals surface area contributed by atoms with Gasteiger partial charge in [0, 0.05) is 45.3 Å². The fourth-order valence-electron chi connectivity index (χ4n) is 3.28. The molecule has 0 saturated carbocycles. The third-order valence-electron chi connectivity index (χ3n) is 4.66. The first kappa shape index (κ1) is 22.9. The number of hydrogen-bond acceptors (Lipinski definition) is 4. The highest BCUT2D eigenvalue weighted by molar-refractivity contribution is 5.86. The molecular formula is C21H35FN6O. The fraction of sp³-hybridized carbons (Fsp3) is 0.619. The molecule has 1 aliphatic rings. The van der Waals surface area contributed by atoms with E-state index in [-0.39, 0.29) is 23.8 Å². The Balaban J connectivity index is 1.61.